The van der Waals surface area contributed by atoms with Gasteiger partial charge < -0.3 is 0 Å². The highest BCUT2D eigenvalue weighted by molar-refractivity contribution is 8.03. The van der Waals surface area contributed by atoms with Crippen LogP contribution in [0.4, 0.5) is 0 Å². The molecule has 0 atom stereocenters. The molecule has 1 aromatic carbocycles. The zero-order valence-electron chi connectivity index (χ0n) is 9.58. The van der Waals surface area contributed by atoms with Crippen molar-refractivity contribution in [1.29, 1.82) is 5.26 Å². The standard InChI is InChI=1S/C14H14ClNS/c15-14-8-6-13(7-9-14)12-17-11-5-3-1-2-4-10-16/h6-9H,1-4,12H2. The van der Waals surface area contributed by atoms with E-state index < -0.39 is 0 Å². The van der Waals surface area contributed by atoms with Crippen molar-refractivity contribution in [3.8, 4) is 17.2 Å². The Hall–Kier alpha value is -1.09. The molecule has 0 saturated carbocycles. The molecule has 0 radical (unpaired) electrons. The minimum atomic E-state index is 0.638. The molecule has 0 aliphatic rings. The summed E-state index contributed by atoms with van der Waals surface area (Å²) >= 11 is 7.40. The number of rotatable bonds is 5. The highest BCUT2D eigenvalue weighted by Gasteiger charge is 1.91. The topological polar surface area (TPSA) is 23.8 Å². The summed E-state index contributed by atoms with van der Waals surface area (Å²) in [4.78, 5) is 0. The molecule has 3 heteroatoms. The maximum atomic E-state index is 8.35. The second-order valence-corrected chi connectivity index (χ2v) is 4.78. The van der Waals surface area contributed by atoms with E-state index in [1.54, 1.807) is 11.8 Å². The first-order valence-corrected chi connectivity index (χ1v) is 6.90. The number of benzene rings is 1. The van der Waals surface area contributed by atoms with Gasteiger partial charge in [-0.2, -0.15) is 5.26 Å². The molecule has 17 heavy (non-hydrogen) atoms. The summed E-state index contributed by atoms with van der Waals surface area (Å²) in [5.41, 5.74) is 1.23. The van der Waals surface area contributed by atoms with E-state index in [2.05, 4.69) is 17.2 Å². The van der Waals surface area contributed by atoms with Crippen LogP contribution in [-0.4, -0.2) is 0 Å². The number of thioether (sulfide) groups is 1. The van der Waals surface area contributed by atoms with Gasteiger partial charge >= 0.3 is 0 Å². The van der Waals surface area contributed by atoms with Crippen LogP contribution in [0.2, 0.25) is 5.02 Å². The molecule has 1 rings (SSSR count). The minimum absolute atomic E-state index is 0.638. The van der Waals surface area contributed by atoms with Crippen molar-refractivity contribution >= 4 is 23.4 Å². The fourth-order valence-corrected chi connectivity index (χ4v) is 1.98. The maximum Gasteiger partial charge on any atom is 0.0621 e. The Morgan fingerprint density at radius 1 is 1.12 bits per heavy atom. The molecule has 0 amide bonds. The first-order chi connectivity index (χ1) is 8.33. The molecule has 0 spiro atoms. The second-order valence-electron chi connectivity index (χ2n) is 3.56. The van der Waals surface area contributed by atoms with Crippen LogP contribution in [0.15, 0.2) is 24.3 Å². The van der Waals surface area contributed by atoms with Crippen LogP contribution < -0.4 is 0 Å². The molecule has 0 aliphatic heterocycles. The maximum absolute atomic E-state index is 8.35. The van der Waals surface area contributed by atoms with Crippen LogP contribution >= 0.6 is 23.4 Å². The van der Waals surface area contributed by atoms with E-state index in [0.29, 0.717) is 6.42 Å². The van der Waals surface area contributed by atoms with Gasteiger partial charge in [-0.1, -0.05) is 41.4 Å². The fraction of sp³-hybridized carbons (Fsp3) is 0.357. The van der Waals surface area contributed by atoms with Crippen molar-refractivity contribution in [2.24, 2.45) is 0 Å². The first kappa shape index (κ1) is 14.0. The Kier molecular flexibility index (Phi) is 7.39. The van der Waals surface area contributed by atoms with Gasteiger partial charge in [0.25, 0.3) is 0 Å². The van der Waals surface area contributed by atoms with Crippen LogP contribution in [-0.2, 0) is 5.75 Å². The molecular formula is C14H14ClNS. The van der Waals surface area contributed by atoms with Gasteiger partial charge in [0.2, 0.25) is 0 Å². The van der Waals surface area contributed by atoms with E-state index in [0.717, 1.165) is 30.0 Å². The number of unbranched alkanes of at least 4 members (excludes halogenated alkanes) is 3. The predicted octanol–water partition coefficient (Wildman–Crippen LogP) is 4.62. The molecule has 0 heterocycles. The summed E-state index contributed by atoms with van der Waals surface area (Å²) in [5.74, 6) is 3.99. The lowest BCUT2D eigenvalue weighted by Gasteiger charge is -1.96. The summed E-state index contributed by atoms with van der Waals surface area (Å²) < 4.78 is 0. The molecule has 88 valence electrons. The summed E-state index contributed by atoms with van der Waals surface area (Å²) in [6.45, 7) is 0. The SMILES string of the molecule is N#CCCCCC#CSCc1ccc(Cl)cc1. The van der Waals surface area contributed by atoms with Crippen molar-refractivity contribution in [1.82, 2.24) is 0 Å². The van der Waals surface area contributed by atoms with Gasteiger partial charge in [0.1, 0.15) is 0 Å². The van der Waals surface area contributed by atoms with E-state index >= 15 is 0 Å². The number of halogens is 1. The highest BCUT2D eigenvalue weighted by Crippen LogP contribution is 2.14. The van der Waals surface area contributed by atoms with Crippen LogP contribution in [0, 0.1) is 22.5 Å². The number of nitriles is 1. The quantitative estimate of drug-likeness (QED) is 0.572. The average molecular weight is 264 g/mol. The molecule has 0 fully saturated rings. The van der Waals surface area contributed by atoms with Crippen LogP contribution in [0.3, 0.4) is 0 Å². The Morgan fingerprint density at radius 3 is 2.53 bits per heavy atom. The molecule has 0 saturated heterocycles. The molecule has 0 unspecified atom stereocenters. The van der Waals surface area contributed by atoms with Crippen LogP contribution in [0.5, 0.6) is 0 Å². The molecule has 0 aliphatic carbocycles. The third kappa shape index (κ3) is 6.95. The summed E-state index contributed by atoms with van der Waals surface area (Å²) in [5, 5.41) is 12.2. The van der Waals surface area contributed by atoms with Gasteiger partial charge in [0.15, 0.2) is 0 Å². The van der Waals surface area contributed by atoms with Gasteiger partial charge in [0, 0.05) is 23.6 Å². The van der Waals surface area contributed by atoms with E-state index in [1.165, 1.54) is 5.56 Å². The van der Waals surface area contributed by atoms with E-state index in [9.17, 15) is 0 Å². The van der Waals surface area contributed by atoms with Crippen molar-refractivity contribution in [3.63, 3.8) is 0 Å². The Balaban J connectivity index is 2.13. The molecule has 0 bridgehead atoms. The normalized spacial score (nSPS) is 9.18. The monoisotopic (exact) mass is 263 g/mol. The van der Waals surface area contributed by atoms with Crippen LogP contribution in [0.25, 0.3) is 0 Å². The molecular weight excluding hydrogens is 250 g/mol. The van der Waals surface area contributed by atoms with Gasteiger partial charge in [-0.3, -0.25) is 0 Å². The Morgan fingerprint density at radius 2 is 1.82 bits per heavy atom. The smallest absolute Gasteiger partial charge is 0.0621 e. The minimum Gasteiger partial charge on any atom is -0.198 e. The molecule has 0 N–H and O–H groups in total. The second kappa shape index (κ2) is 8.99. The van der Waals surface area contributed by atoms with Crippen molar-refractivity contribution in [3.05, 3.63) is 34.9 Å². The Bertz CT molecular complexity index is 422. The number of hydrogen-bond donors (Lipinski definition) is 0. The lowest BCUT2D eigenvalue weighted by Crippen LogP contribution is -1.77. The fourth-order valence-electron chi connectivity index (χ4n) is 1.22. The van der Waals surface area contributed by atoms with Crippen molar-refractivity contribution < 1.29 is 0 Å². The third-order valence-corrected chi connectivity index (χ3v) is 3.16. The highest BCUT2D eigenvalue weighted by atomic mass is 35.5. The van der Waals surface area contributed by atoms with Crippen LogP contribution in [0.1, 0.15) is 31.2 Å². The average Bonchev–Trinajstić information content (AvgIpc) is 2.35. The van der Waals surface area contributed by atoms with Gasteiger partial charge in [-0.25, -0.2) is 0 Å². The van der Waals surface area contributed by atoms with Crippen molar-refractivity contribution in [2.75, 3.05) is 0 Å². The Labute approximate surface area is 112 Å². The molecule has 1 aromatic rings. The zero-order chi connectivity index (χ0) is 12.3. The van der Waals surface area contributed by atoms with Gasteiger partial charge in [-0.15, -0.1) is 0 Å². The third-order valence-electron chi connectivity index (χ3n) is 2.14. The summed E-state index contributed by atoms with van der Waals surface area (Å²) in [7, 11) is 0. The van der Waals surface area contributed by atoms with Gasteiger partial charge in [-0.05, 0) is 35.8 Å². The van der Waals surface area contributed by atoms with E-state index in [-0.39, 0.29) is 0 Å². The van der Waals surface area contributed by atoms with E-state index in [1.807, 2.05) is 24.3 Å². The van der Waals surface area contributed by atoms with Gasteiger partial charge in [0.05, 0.1) is 6.07 Å². The van der Waals surface area contributed by atoms with Crippen molar-refractivity contribution in [2.45, 2.75) is 31.4 Å². The largest absolute Gasteiger partial charge is 0.198 e. The lowest BCUT2D eigenvalue weighted by molar-refractivity contribution is 0.778. The molecule has 1 nitrogen and oxygen atoms in total. The zero-order valence-corrected chi connectivity index (χ0v) is 11.2. The summed E-state index contributed by atoms with van der Waals surface area (Å²) in [6, 6.07) is 9.96. The number of hydrogen-bond acceptors (Lipinski definition) is 2. The summed E-state index contributed by atoms with van der Waals surface area (Å²) in [6.07, 6.45) is 3.49. The lowest BCUT2D eigenvalue weighted by atomic mass is 10.2. The number of nitrogens with zero attached hydrogens (tertiary/aromatic N) is 1. The first-order valence-electron chi connectivity index (χ1n) is 5.54. The molecule has 0 aromatic heterocycles. The van der Waals surface area contributed by atoms with E-state index in [4.69, 9.17) is 16.9 Å². The predicted molar refractivity (Wildman–Crippen MR) is 74.6 cm³/mol.